The molecular weight excluding hydrogens is 318 g/mol. The Morgan fingerprint density at radius 3 is 2.78 bits per heavy atom. The third-order valence-electron chi connectivity index (χ3n) is 1.85. The van der Waals surface area contributed by atoms with E-state index in [2.05, 4.69) is 16.0 Å². The molecule has 0 unspecified atom stereocenters. The maximum absolute atomic E-state index is 13.3. The van der Waals surface area contributed by atoms with Gasteiger partial charge >= 0.3 is 5.97 Å². The van der Waals surface area contributed by atoms with E-state index in [4.69, 9.17) is 0 Å². The molecular formula is C11H9FNO4Y-. The van der Waals surface area contributed by atoms with Crippen LogP contribution in [-0.4, -0.2) is 17.7 Å². The molecule has 1 N–H and O–H groups in total. The normalized spacial score (nSPS) is 11.0. The minimum Gasteiger partial charge on any atom is -0.517 e. The Hall–Kier alpha value is -1.14. The Morgan fingerprint density at radius 2 is 2.28 bits per heavy atom. The average molecular weight is 327 g/mol. The quantitative estimate of drug-likeness (QED) is 0.302. The molecule has 0 saturated carbocycles. The van der Waals surface area contributed by atoms with Crippen LogP contribution in [0.5, 0.6) is 0 Å². The summed E-state index contributed by atoms with van der Waals surface area (Å²) in [7, 11) is 0. The van der Waals surface area contributed by atoms with Gasteiger partial charge in [-0.15, -0.1) is 11.0 Å². The summed E-state index contributed by atoms with van der Waals surface area (Å²) in [5.74, 6) is -2.78. The van der Waals surface area contributed by atoms with Crippen LogP contribution in [0.25, 0.3) is 5.76 Å². The number of carbonyl (C=O) groups is 1. The van der Waals surface area contributed by atoms with E-state index in [0.717, 1.165) is 12.1 Å². The Kier molecular flexibility index (Phi) is 7.54. The largest absolute Gasteiger partial charge is 0.517 e. The molecule has 0 spiro atoms. The summed E-state index contributed by atoms with van der Waals surface area (Å²) in [4.78, 5) is 21.7. The van der Waals surface area contributed by atoms with Crippen LogP contribution in [0.1, 0.15) is 12.5 Å². The van der Waals surface area contributed by atoms with Crippen molar-refractivity contribution in [3.63, 3.8) is 0 Å². The topological polar surface area (TPSA) is 76.0 Å². The molecule has 18 heavy (non-hydrogen) atoms. The number of hydrogen-bond donors (Lipinski definition) is 1. The van der Waals surface area contributed by atoms with Gasteiger partial charge in [-0.1, -0.05) is 5.56 Å². The molecule has 0 saturated heterocycles. The van der Waals surface area contributed by atoms with Gasteiger partial charge in [-0.2, -0.15) is 18.2 Å². The first-order chi connectivity index (χ1) is 8.11. The van der Waals surface area contributed by atoms with E-state index in [1.54, 1.807) is 0 Å². The standard InChI is InChI=1S/C11H9FNO4.Y/c1-2-17-11(15)9(13-16)10(14)7-5-3-4-6-8(7)12;/h4-6,14H,2H2,1H3;/q-1;/b10-9+;. The van der Waals surface area contributed by atoms with E-state index in [1.807, 2.05) is 0 Å². The Labute approximate surface area is 128 Å². The van der Waals surface area contributed by atoms with Gasteiger partial charge in [-0.3, -0.25) is 0 Å². The molecule has 1 radical (unpaired) electrons. The van der Waals surface area contributed by atoms with Crippen LogP contribution in [0.2, 0.25) is 0 Å². The molecule has 0 amide bonds. The predicted octanol–water partition coefficient (Wildman–Crippen LogP) is 2.18. The number of aliphatic hydroxyl groups is 1. The molecule has 0 heterocycles. The predicted molar refractivity (Wildman–Crippen MR) is 57.2 cm³/mol. The fourth-order valence-corrected chi connectivity index (χ4v) is 1.10. The van der Waals surface area contributed by atoms with Gasteiger partial charge in [0.05, 0.1) is 6.61 Å². The molecule has 0 aromatic heterocycles. The average Bonchev–Trinajstić information content (AvgIpc) is 2.30. The Morgan fingerprint density at radius 1 is 1.61 bits per heavy atom. The number of hydrogen-bond acceptors (Lipinski definition) is 5. The van der Waals surface area contributed by atoms with E-state index < -0.39 is 23.2 Å². The van der Waals surface area contributed by atoms with E-state index in [1.165, 1.54) is 13.0 Å². The van der Waals surface area contributed by atoms with Gasteiger partial charge in [-0.25, -0.2) is 9.18 Å². The van der Waals surface area contributed by atoms with Crippen LogP contribution < -0.4 is 0 Å². The van der Waals surface area contributed by atoms with Gasteiger partial charge in [-0.05, 0) is 12.1 Å². The molecule has 0 aliphatic carbocycles. The van der Waals surface area contributed by atoms with Crippen LogP contribution in [0.4, 0.5) is 4.39 Å². The van der Waals surface area contributed by atoms with Gasteiger partial charge in [0.25, 0.3) is 0 Å². The van der Waals surface area contributed by atoms with Crippen molar-refractivity contribution in [1.29, 1.82) is 0 Å². The van der Waals surface area contributed by atoms with Gasteiger partial charge in [0.15, 0.2) is 0 Å². The maximum atomic E-state index is 13.3. The number of nitrogens with zero attached hydrogens (tertiary/aromatic N) is 1. The van der Waals surface area contributed by atoms with Gasteiger partial charge in [0.2, 0.25) is 5.70 Å². The number of aliphatic hydroxyl groups excluding tert-OH is 1. The molecule has 0 bridgehead atoms. The molecule has 1 rings (SSSR count). The summed E-state index contributed by atoms with van der Waals surface area (Å²) >= 11 is 0. The second-order valence-corrected chi connectivity index (χ2v) is 2.91. The van der Waals surface area contributed by atoms with Crippen molar-refractivity contribution in [3.8, 4) is 0 Å². The first-order valence-electron chi connectivity index (χ1n) is 4.71. The van der Waals surface area contributed by atoms with E-state index in [-0.39, 0.29) is 44.9 Å². The van der Waals surface area contributed by atoms with Crippen molar-refractivity contribution < 1.29 is 51.7 Å². The molecule has 1 aromatic carbocycles. The summed E-state index contributed by atoms with van der Waals surface area (Å²) in [6.07, 6.45) is 0. The van der Waals surface area contributed by atoms with E-state index >= 15 is 0 Å². The molecule has 0 atom stereocenters. The third kappa shape index (κ3) is 3.96. The number of esters is 1. The zero-order chi connectivity index (χ0) is 12.8. The monoisotopic (exact) mass is 327 g/mol. The fraction of sp³-hybridized carbons (Fsp3) is 0.182. The number of halogens is 1. The van der Waals surface area contributed by atoms with Crippen molar-refractivity contribution in [3.05, 3.63) is 46.3 Å². The van der Waals surface area contributed by atoms with Gasteiger partial charge in [0, 0.05) is 38.5 Å². The summed E-state index contributed by atoms with van der Waals surface area (Å²) in [6, 6.07) is 5.90. The number of nitroso groups, excluding NO2 is 1. The summed E-state index contributed by atoms with van der Waals surface area (Å²) in [5, 5.41) is 11.9. The molecule has 1 aromatic rings. The minimum absolute atomic E-state index is 0. The molecule has 7 heteroatoms. The summed E-state index contributed by atoms with van der Waals surface area (Å²) in [6.45, 7) is 1.53. The summed E-state index contributed by atoms with van der Waals surface area (Å²) < 4.78 is 17.8. The summed E-state index contributed by atoms with van der Waals surface area (Å²) in [5.41, 5.74) is -1.21. The first-order valence-corrected chi connectivity index (χ1v) is 4.71. The van der Waals surface area contributed by atoms with Crippen molar-refractivity contribution in [1.82, 2.24) is 0 Å². The first kappa shape index (κ1) is 16.9. The fourth-order valence-electron chi connectivity index (χ4n) is 1.10. The SMILES string of the molecule is CCOC(=O)/C(N=O)=C(\O)c1c[c-]ccc1F.[Y]. The minimum atomic E-state index is -1.11. The van der Waals surface area contributed by atoms with Crippen LogP contribution in [-0.2, 0) is 42.2 Å². The van der Waals surface area contributed by atoms with Gasteiger partial charge < -0.3 is 9.84 Å². The maximum Gasteiger partial charge on any atom is 0.363 e. The zero-order valence-corrected chi connectivity index (χ0v) is 12.4. The Balaban J connectivity index is 0.00000289. The molecule has 0 aliphatic heterocycles. The van der Waals surface area contributed by atoms with Crippen LogP contribution in [0.3, 0.4) is 0 Å². The number of ether oxygens (including phenoxy) is 1. The smallest absolute Gasteiger partial charge is 0.363 e. The van der Waals surface area contributed by atoms with Gasteiger partial charge in [0.1, 0.15) is 5.76 Å². The molecule has 0 aliphatic rings. The number of carbonyl (C=O) groups excluding carboxylic acids is 1. The van der Waals surface area contributed by atoms with Crippen molar-refractivity contribution >= 4 is 11.7 Å². The molecule has 5 nitrogen and oxygen atoms in total. The van der Waals surface area contributed by atoms with Crippen molar-refractivity contribution in [2.45, 2.75) is 6.92 Å². The Bertz CT molecular complexity index is 476. The zero-order valence-electron chi connectivity index (χ0n) is 9.51. The van der Waals surface area contributed by atoms with Crippen molar-refractivity contribution in [2.24, 2.45) is 5.18 Å². The van der Waals surface area contributed by atoms with Crippen LogP contribution in [0.15, 0.2) is 29.1 Å². The second-order valence-electron chi connectivity index (χ2n) is 2.91. The molecule has 0 fully saturated rings. The van der Waals surface area contributed by atoms with E-state index in [0.29, 0.717) is 0 Å². The van der Waals surface area contributed by atoms with Crippen LogP contribution in [0, 0.1) is 16.8 Å². The van der Waals surface area contributed by atoms with E-state index in [9.17, 15) is 19.2 Å². The second kappa shape index (κ2) is 8.05. The molecule has 93 valence electrons. The third-order valence-corrected chi connectivity index (χ3v) is 1.85. The number of benzene rings is 1. The van der Waals surface area contributed by atoms with Crippen LogP contribution >= 0.6 is 0 Å². The van der Waals surface area contributed by atoms with Crippen molar-refractivity contribution in [2.75, 3.05) is 6.61 Å². The number of rotatable bonds is 4.